The lowest BCUT2D eigenvalue weighted by atomic mass is 10.2. The Morgan fingerprint density at radius 3 is 2.68 bits per heavy atom. The van der Waals surface area contributed by atoms with Gasteiger partial charge in [0.2, 0.25) is 15.9 Å². The normalized spacial score (nSPS) is 18.3. The highest BCUT2D eigenvalue weighted by Crippen LogP contribution is 2.11. The van der Waals surface area contributed by atoms with Gasteiger partial charge in [-0.1, -0.05) is 23.7 Å². The number of hydrogen-bond acceptors (Lipinski definition) is 4. The molecular formula is C14H19ClN2O4S. The second-order valence-corrected chi connectivity index (χ2v) is 7.39. The van der Waals surface area contributed by atoms with Gasteiger partial charge in [0, 0.05) is 24.7 Å². The van der Waals surface area contributed by atoms with Crippen molar-refractivity contribution in [1.82, 2.24) is 10.0 Å². The fourth-order valence-corrected chi connectivity index (χ4v) is 3.22. The van der Waals surface area contributed by atoms with Gasteiger partial charge in [0.15, 0.2) is 0 Å². The van der Waals surface area contributed by atoms with E-state index in [4.69, 9.17) is 16.3 Å². The van der Waals surface area contributed by atoms with Crippen molar-refractivity contribution in [3.05, 3.63) is 34.9 Å². The standard InChI is InChI=1S/C14H19ClN2O4S/c15-12-5-3-11(4-6-12)8-16-14(18)10-22(19,20)17-9-13-2-1-7-21-13/h3-6,13,17H,1-2,7-10H2,(H,16,18). The molecule has 1 fully saturated rings. The molecule has 8 heteroatoms. The zero-order valence-electron chi connectivity index (χ0n) is 12.0. The quantitative estimate of drug-likeness (QED) is 0.773. The molecule has 1 aromatic rings. The summed E-state index contributed by atoms with van der Waals surface area (Å²) in [7, 11) is -3.64. The van der Waals surface area contributed by atoms with Gasteiger partial charge in [0.05, 0.1) is 6.10 Å². The molecule has 122 valence electrons. The number of hydrogen-bond donors (Lipinski definition) is 2. The van der Waals surface area contributed by atoms with Crippen LogP contribution in [0.2, 0.25) is 5.02 Å². The van der Waals surface area contributed by atoms with Crippen LogP contribution in [0.5, 0.6) is 0 Å². The van der Waals surface area contributed by atoms with Gasteiger partial charge < -0.3 is 10.1 Å². The van der Waals surface area contributed by atoms with Crippen molar-refractivity contribution >= 4 is 27.5 Å². The molecule has 0 radical (unpaired) electrons. The summed E-state index contributed by atoms with van der Waals surface area (Å²) in [6.45, 7) is 1.14. The maximum absolute atomic E-state index is 11.8. The Balaban J connectivity index is 1.73. The van der Waals surface area contributed by atoms with Crippen molar-refractivity contribution in [3.8, 4) is 0 Å². The molecule has 22 heavy (non-hydrogen) atoms. The fraction of sp³-hybridized carbons (Fsp3) is 0.500. The summed E-state index contributed by atoms with van der Waals surface area (Å²) >= 11 is 5.76. The maximum Gasteiger partial charge on any atom is 0.236 e. The number of rotatable bonds is 7. The van der Waals surface area contributed by atoms with E-state index in [1.807, 2.05) is 0 Å². The maximum atomic E-state index is 11.8. The number of nitrogens with one attached hydrogen (secondary N) is 2. The van der Waals surface area contributed by atoms with Gasteiger partial charge in [-0.25, -0.2) is 13.1 Å². The van der Waals surface area contributed by atoms with Crippen LogP contribution in [-0.2, 0) is 26.1 Å². The number of ether oxygens (including phenoxy) is 1. The highest BCUT2D eigenvalue weighted by atomic mass is 35.5. The molecule has 1 heterocycles. The zero-order chi connectivity index (χ0) is 16.0. The van der Waals surface area contributed by atoms with Gasteiger partial charge in [0.1, 0.15) is 5.75 Å². The number of carbonyl (C=O) groups excluding carboxylic acids is 1. The summed E-state index contributed by atoms with van der Waals surface area (Å²) in [6, 6.07) is 6.96. The van der Waals surface area contributed by atoms with E-state index in [1.165, 1.54) is 0 Å². The first kappa shape index (κ1) is 17.2. The third kappa shape index (κ3) is 5.92. The lowest BCUT2D eigenvalue weighted by molar-refractivity contribution is -0.118. The first-order chi connectivity index (χ1) is 10.4. The fourth-order valence-electron chi connectivity index (χ4n) is 2.10. The minimum Gasteiger partial charge on any atom is -0.377 e. The van der Waals surface area contributed by atoms with Gasteiger partial charge in [-0.2, -0.15) is 0 Å². The van der Waals surface area contributed by atoms with Crippen LogP contribution in [0.1, 0.15) is 18.4 Å². The largest absolute Gasteiger partial charge is 0.377 e. The Kier molecular flexibility index (Phi) is 6.19. The van der Waals surface area contributed by atoms with Crippen molar-refractivity contribution in [2.45, 2.75) is 25.5 Å². The summed E-state index contributed by atoms with van der Waals surface area (Å²) in [5.41, 5.74) is 0.850. The number of sulfonamides is 1. The molecule has 0 saturated carbocycles. The lowest BCUT2D eigenvalue weighted by Gasteiger charge is -2.11. The minimum atomic E-state index is -3.64. The summed E-state index contributed by atoms with van der Waals surface area (Å²) < 4.78 is 31.4. The van der Waals surface area contributed by atoms with Gasteiger partial charge in [-0.15, -0.1) is 0 Å². The van der Waals surface area contributed by atoms with Gasteiger partial charge in [-0.05, 0) is 30.5 Å². The van der Waals surface area contributed by atoms with Gasteiger partial charge in [0.25, 0.3) is 0 Å². The molecule has 0 aromatic heterocycles. The Labute approximate surface area is 135 Å². The lowest BCUT2D eigenvalue weighted by Crippen LogP contribution is -2.39. The molecule has 0 aliphatic carbocycles. The van der Waals surface area contributed by atoms with Crippen LogP contribution in [0.25, 0.3) is 0 Å². The van der Waals surface area contributed by atoms with E-state index in [9.17, 15) is 13.2 Å². The van der Waals surface area contributed by atoms with Crippen molar-refractivity contribution in [3.63, 3.8) is 0 Å². The van der Waals surface area contributed by atoms with Crippen LogP contribution < -0.4 is 10.0 Å². The number of halogens is 1. The van der Waals surface area contributed by atoms with Crippen LogP contribution in [0.3, 0.4) is 0 Å². The monoisotopic (exact) mass is 346 g/mol. The Morgan fingerprint density at radius 2 is 2.05 bits per heavy atom. The molecule has 2 rings (SSSR count). The molecule has 1 amide bonds. The second kappa shape index (κ2) is 7.92. The van der Waals surface area contributed by atoms with E-state index < -0.39 is 21.7 Å². The minimum absolute atomic E-state index is 0.0908. The Morgan fingerprint density at radius 1 is 1.32 bits per heavy atom. The van der Waals surface area contributed by atoms with Crippen LogP contribution >= 0.6 is 11.6 Å². The molecule has 1 aliphatic heterocycles. The predicted molar refractivity (Wildman–Crippen MR) is 84.1 cm³/mol. The predicted octanol–water partition coefficient (Wildman–Crippen LogP) is 1.05. The zero-order valence-corrected chi connectivity index (χ0v) is 13.6. The van der Waals surface area contributed by atoms with E-state index in [2.05, 4.69) is 10.0 Å². The van der Waals surface area contributed by atoms with E-state index in [1.54, 1.807) is 24.3 Å². The average Bonchev–Trinajstić information content (AvgIpc) is 2.98. The Bertz CT molecular complexity index is 598. The van der Waals surface area contributed by atoms with E-state index in [0.29, 0.717) is 11.6 Å². The van der Waals surface area contributed by atoms with Crippen LogP contribution in [-0.4, -0.2) is 39.3 Å². The molecule has 0 spiro atoms. The van der Waals surface area contributed by atoms with Crippen molar-refractivity contribution in [1.29, 1.82) is 0 Å². The second-order valence-electron chi connectivity index (χ2n) is 5.15. The van der Waals surface area contributed by atoms with Crippen LogP contribution in [0.15, 0.2) is 24.3 Å². The number of benzene rings is 1. The Hall–Kier alpha value is -1.15. The molecule has 1 atom stereocenters. The molecule has 6 nitrogen and oxygen atoms in total. The number of carbonyl (C=O) groups is 1. The van der Waals surface area contributed by atoms with Crippen LogP contribution in [0, 0.1) is 0 Å². The average molecular weight is 347 g/mol. The molecule has 1 aromatic carbocycles. The van der Waals surface area contributed by atoms with Gasteiger partial charge in [-0.3, -0.25) is 4.79 Å². The molecule has 0 bridgehead atoms. The van der Waals surface area contributed by atoms with Crippen LogP contribution in [0.4, 0.5) is 0 Å². The summed E-state index contributed by atoms with van der Waals surface area (Å²) in [5.74, 6) is -1.14. The number of amides is 1. The molecular weight excluding hydrogens is 328 g/mol. The summed E-state index contributed by atoms with van der Waals surface area (Å²) in [5, 5.41) is 3.18. The molecule has 1 saturated heterocycles. The first-order valence-corrected chi connectivity index (χ1v) is 9.08. The third-order valence-corrected chi connectivity index (χ3v) is 4.78. The molecule has 2 N–H and O–H groups in total. The van der Waals surface area contributed by atoms with Gasteiger partial charge >= 0.3 is 0 Å². The van der Waals surface area contributed by atoms with Crippen molar-refractivity contribution < 1.29 is 17.9 Å². The van der Waals surface area contributed by atoms with E-state index >= 15 is 0 Å². The summed E-state index contributed by atoms with van der Waals surface area (Å²) in [4.78, 5) is 11.7. The van der Waals surface area contributed by atoms with E-state index in [0.717, 1.165) is 18.4 Å². The SMILES string of the molecule is O=C(CS(=O)(=O)NCC1CCCO1)NCc1ccc(Cl)cc1. The highest BCUT2D eigenvalue weighted by molar-refractivity contribution is 7.90. The molecule has 1 unspecified atom stereocenters. The van der Waals surface area contributed by atoms with E-state index in [-0.39, 0.29) is 19.2 Å². The molecule has 1 aliphatic rings. The first-order valence-electron chi connectivity index (χ1n) is 7.05. The smallest absolute Gasteiger partial charge is 0.236 e. The topological polar surface area (TPSA) is 84.5 Å². The van der Waals surface area contributed by atoms with Crippen molar-refractivity contribution in [2.75, 3.05) is 18.9 Å². The highest BCUT2D eigenvalue weighted by Gasteiger charge is 2.20. The summed E-state index contributed by atoms with van der Waals surface area (Å²) in [6.07, 6.45) is 1.69. The van der Waals surface area contributed by atoms with Crippen molar-refractivity contribution in [2.24, 2.45) is 0 Å². The third-order valence-electron chi connectivity index (χ3n) is 3.28.